The van der Waals surface area contributed by atoms with Crippen LogP contribution >= 0.6 is 11.6 Å². The fraction of sp³-hybridized carbons (Fsp3) is 0.647. The van der Waals surface area contributed by atoms with Gasteiger partial charge in [-0.1, -0.05) is 38.4 Å². The Balaban J connectivity index is 2.11. The van der Waals surface area contributed by atoms with Crippen molar-refractivity contribution in [3.63, 3.8) is 0 Å². The first kappa shape index (κ1) is 17.6. The minimum Gasteiger partial charge on any atom is -0.414 e. The van der Waals surface area contributed by atoms with Gasteiger partial charge in [-0.2, -0.15) is 0 Å². The molecule has 1 aliphatic carbocycles. The van der Waals surface area contributed by atoms with Crippen LogP contribution < -0.4 is 0 Å². The van der Waals surface area contributed by atoms with Gasteiger partial charge in [0.2, 0.25) is 0 Å². The lowest BCUT2D eigenvalue weighted by molar-refractivity contribution is -0.123. The number of hydrogen-bond donors (Lipinski definition) is 0. The molecule has 0 N–H and O–H groups in total. The number of rotatable bonds is 3. The lowest BCUT2D eigenvalue weighted by atomic mass is 9.82. The summed E-state index contributed by atoms with van der Waals surface area (Å²) < 4.78 is 6.51. The summed E-state index contributed by atoms with van der Waals surface area (Å²) in [7, 11) is -1.80. The second kappa shape index (κ2) is 6.42. The van der Waals surface area contributed by atoms with Crippen molar-refractivity contribution in [2.45, 2.75) is 70.2 Å². The molecule has 1 aromatic heterocycles. The summed E-state index contributed by atoms with van der Waals surface area (Å²) in [4.78, 5) is 16.4. The summed E-state index contributed by atoms with van der Waals surface area (Å²) in [6.07, 6.45) is 4.07. The van der Waals surface area contributed by atoms with Crippen molar-refractivity contribution in [3.8, 4) is 0 Å². The number of halogens is 1. The van der Waals surface area contributed by atoms with Gasteiger partial charge in [0.25, 0.3) is 0 Å². The molecule has 0 radical (unpaired) electrons. The third-order valence-electron chi connectivity index (χ3n) is 5.02. The van der Waals surface area contributed by atoms with Gasteiger partial charge in [-0.05, 0) is 42.6 Å². The van der Waals surface area contributed by atoms with Gasteiger partial charge in [-0.15, -0.1) is 0 Å². The van der Waals surface area contributed by atoms with Gasteiger partial charge in [-0.25, -0.2) is 4.98 Å². The largest absolute Gasteiger partial charge is 0.414 e. The summed E-state index contributed by atoms with van der Waals surface area (Å²) in [6, 6.07) is 3.66. The summed E-state index contributed by atoms with van der Waals surface area (Å²) in [6.45, 7) is 11.3. The highest BCUT2D eigenvalue weighted by Crippen LogP contribution is 2.40. The van der Waals surface area contributed by atoms with E-state index < -0.39 is 8.32 Å². The third-order valence-corrected chi connectivity index (χ3v) is 9.78. The molecule has 0 aliphatic heterocycles. The average molecular weight is 340 g/mol. The van der Waals surface area contributed by atoms with Crippen LogP contribution in [0.5, 0.6) is 0 Å². The van der Waals surface area contributed by atoms with Gasteiger partial charge in [-0.3, -0.25) is 4.79 Å². The molecular weight excluding hydrogens is 314 g/mol. The molecule has 1 heterocycles. The van der Waals surface area contributed by atoms with Crippen molar-refractivity contribution in [1.29, 1.82) is 0 Å². The van der Waals surface area contributed by atoms with Crippen LogP contribution in [-0.2, 0) is 9.22 Å². The quantitative estimate of drug-likeness (QED) is 0.577. The molecule has 0 spiro atoms. The van der Waals surface area contributed by atoms with Crippen LogP contribution in [0.1, 0.15) is 51.5 Å². The van der Waals surface area contributed by atoms with E-state index in [1.54, 1.807) is 12.3 Å². The predicted molar refractivity (Wildman–Crippen MR) is 92.9 cm³/mol. The van der Waals surface area contributed by atoms with E-state index >= 15 is 0 Å². The molecule has 2 rings (SSSR count). The first-order valence-corrected chi connectivity index (χ1v) is 11.2. The van der Waals surface area contributed by atoms with Crippen LogP contribution in [0.3, 0.4) is 0 Å². The highest BCUT2D eigenvalue weighted by atomic mass is 35.5. The van der Waals surface area contributed by atoms with Crippen molar-refractivity contribution in [2.75, 3.05) is 0 Å². The monoisotopic (exact) mass is 339 g/mol. The number of hydrogen-bond acceptors (Lipinski definition) is 3. The highest BCUT2D eigenvalue weighted by molar-refractivity contribution is 6.74. The number of aromatic nitrogens is 1. The average Bonchev–Trinajstić information content (AvgIpc) is 2.40. The maximum Gasteiger partial charge on any atom is 0.192 e. The van der Waals surface area contributed by atoms with Crippen LogP contribution in [0.15, 0.2) is 18.3 Å². The van der Waals surface area contributed by atoms with Crippen LogP contribution in [0.4, 0.5) is 0 Å². The zero-order chi connectivity index (χ0) is 16.5. The summed E-state index contributed by atoms with van der Waals surface area (Å²) >= 11 is 5.84. The van der Waals surface area contributed by atoms with E-state index in [0.717, 1.165) is 18.4 Å². The van der Waals surface area contributed by atoms with Crippen molar-refractivity contribution in [2.24, 2.45) is 0 Å². The predicted octanol–water partition coefficient (Wildman–Crippen LogP) is 4.96. The van der Waals surface area contributed by atoms with Crippen LogP contribution in [-0.4, -0.2) is 25.2 Å². The van der Waals surface area contributed by atoms with E-state index in [-0.39, 0.29) is 17.1 Å². The van der Waals surface area contributed by atoms with Crippen LogP contribution in [0, 0.1) is 0 Å². The molecule has 2 atom stereocenters. The van der Waals surface area contributed by atoms with Gasteiger partial charge in [0.05, 0.1) is 0 Å². The zero-order valence-electron chi connectivity index (χ0n) is 14.1. The minimum absolute atomic E-state index is 0.103. The van der Waals surface area contributed by atoms with Crippen molar-refractivity contribution in [1.82, 2.24) is 4.98 Å². The smallest absolute Gasteiger partial charge is 0.192 e. The molecule has 0 aromatic carbocycles. The van der Waals surface area contributed by atoms with Crippen molar-refractivity contribution in [3.05, 3.63) is 29.0 Å². The summed E-state index contributed by atoms with van der Waals surface area (Å²) in [5, 5.41) is 0.646. The Hall–Kier alpha value is -0.713. The lowest BCUT2D eigenvalue weighted by Crippen LogP contribution is -2.45. The maximum absolute atomic E-state index is 12.3. The fourth-order valence-corrected chi connectivity index (χ4v) is 4.12. The van der Waals surface area contributed by atoms with Crippen LogP contribution in [0.25, 0.3) is 0 Å². The molecule has 0 amide bonds. The Morgan fingerprint density at radius 3 is 2.55 bits per heavy atom. The molecule has 5 heteroatoms. The van der Waals surface area contributed by atoms with E-state index in [1.165, 1.54) is 0 Å². The second-order valence-corrected chi connectivity index (χ2v) is 12.9. The van der Waals surface area contributed by atoms with Crippen molar-refractivity contribution >= 4 is 25.7 Å². The van der Waals surface area contributed by atoms with Gasteiger partial charge < -0.3 is 4.43 Å². The third kappa shape index (κ3) is 3.97. The van der Waals surface area contributed by atoms with Crippen LogP contribution in [0.2, 0.25) is 23.3 Å². The number of pyridine rings is 1. The number of Topliss-reactive ketones (excluding diaryl/α,β-unsaturated/α-hetero) is 1. The number of carbonyl (C=O) groups is 1. The van der Waals surface area contributed by atoms with E-state index in [2.05, 4.69) is 38.8 Å². The second-order valence-electron chi connectivity index (χ2n) is 7.71. The van der Waals surface area contributed by atoms with E-state index in [4.69, 9.17) is 16.0 Å². The SMILES string of the molecule is CC(C)(C)[Si](C)(C)O[C@H]1CCC(=O)[C@@H](c2ccc(Cl)nc2)C1. The Bertz CT molecular complexity index is 537. The molecule has 3 nitrogen and oxygen atoms in total. The lowest BCUT2D eigenvalue weighted by Gasteiger charge is -2.41. The molecule has 0 bridgehead atoms. The number of carbonyl (C=O) groups excluding carboxylic acids is 1. The van der Waals surface area contributed by atoms with E-state index in [0.29, 0.717) is 17.4 Å². The Labute approximate surface area is 139 Å². The molecule has 0 unspecified atom stereocenters. The Kier molecular flexibility index (Phi) is 5.15. The first-order valence-electron chi connectivity index (χ1n) is 7.92. The van der Waals surface area contributed by atoms with Gasteiger partial charge >= 0.3 is 0 Å². The molecule has 1 aliphatic rings. The molecule has 122 valence electrons. The standard InChI is InChI=1S/C17H26ClNO2Si/c1-17(2,3)22(4,5)21-13-7-8-15(20)14(10-13)12-6-9-16(18)19-11-12/h6,9,11,13-14H,7-8,10H2,1-5H3/t13-,14+/m0/s1. The Morgan fingerprint density at radius 1 is 1.32 bits per heavy atom. The molecule has 1 saturated carbocycles. The summed E-state index contributed by atoms with van der Waals surface area (Å²) in [5.74, 6) is 0.187. The molecule has 22 heavy (non-hydrogen) atoms. The van der Waals surface area contributed by atoms with Gasteiger partial charge in [0, 0.05) is 24.6 Å². The number of ketones is 1. The van der Waals surface area contributed by atoms with E-state index in [9.17, 15) is 4.79 Å². The van der Waals surface area contributed by atoms with Gasteiger partial charge in [0.15, 0.2) is 8.32 Å². The fourth-order valence-electron chi connectivity index (χ4n) is 2.61. The zero-order valence-corrected chi connectivity index (χ0v) is 15.9. The molecule has 0 saturated heterocycles. The normalized spacial score (nSPS) is 23.6. The molecular formula is C17H26ClNO2Si. The number of nitrogens with zero attached hydrogens (tertiary/aromatic N) is 1. The molecule has 1 aromatic rings. The van der Waals surface area contributed by atoms with Gasteiger partial charge in [0.1, 0.15) is 10.9 Å². The summed E-state index contributed by atoms with van der Waals surface area (Å²) in [5.41, 5.74) is 0.956. The molecule has 1 fully saturated rings. The highest BCUT2D eigenvalue weighted by Gasteiger charge is 2.41. The van der Waals surface area contributed by atoms with Crippen molar-refractivity contribution < 1.29 is 9.22 Å². The maximum atomic E-state index is 12.3. The Morgan fingerprint density at radius 2 is 2.00 bits per heavy atom. The van der Waals surface area contributed by atoms with E-state index in [1.807, 2.05) is 6.07 Å². The first-order chi connectivity index (χ1) is 10.1. The topological polar surface area (TPSA) is 39.2 Å². The minimum atomic E-state index is -1.80.